The molecule has 0 bridgehead atoms. The lowest BCUT2D eigenvalue weighted by Crippen LogP contribution is -2.69. The van der Waals surface area contributed by atoms with Crippen LogP contribution in [-0.4, -0.2) is 34.2 Å². The van der Waals surface area contributed by atoms with Crippen molar-refractivity contribution in [2.45, 2.75) is 31.0 Å². The first-order valence-electron chi connectivity index (χ1n) is 5.26. The minimum absolute atomic E-state index is 0.194. The molecule has 2 heterocycles. The van der Waals surface area contributed by atoms with Gasteiger partial charge in [0.05, 0.1) is 12.1 Å². The lowest BCUT2D eigenvalue weighted by atomic mass is 9.69. The number of nitrogens with one attached hydrogen (secondary N) is 1. The molecule has 1 aliphatic carbocycles. The summed E-state index contributed by atoms with van der Waals surface area (Å²) in [6.07, 6.45) is 4.16. The van der Waals surface area contributed by atoms with Gasteiger partial charge in [-0.25, -0.2) is 4.98 Å². The Bertz CT molecular complexity index is 331. The molecule has 2 aliphatic rings. The maximum atomic E-state index is 6.11. The zero-order valence-corrected chi connectivity index (χ0v) is 9.11. The molecule has 1 aromatic rings. The van der Waals surface area contributed by atoms with Gasteiger partial charge in [0.1, 0.15) is 6.33 Å². The minimum Gasteiger partial charge on any atom is -0.376 e. The van der Waals surface area contributed by atoms with E-state index in [1.54, 1.807) is 6.33 Å². The molecule has 5 nitrogen and oxygen atoms in total. The first-order valence-corrected chi connectivity index (χ1v) is 6.04. The van der Waals surface area contributed by atoms with Crippen LogP contribution in [0.1, 0.15) is 12.8 Å². The average Bonchev–Trinajstić information content (AvgIpc) is 2.78. The Balaban J connectivity index is 1.67. The topological polar surface area (TPSA) is 73.1 Å². The summed E-state index contributed by atoms with van der Waals surface area (Å²) in [6.45, 7) is 0.863. The third kappa shape index (κ3) is 1.53. The number of aromatic nitrogens is 2. The van der Waals surface area contributed by atoms with Crippen molar-refractivity contribution in [1.82, 2.24) is 9.36 Å². The summed E-state index contributed by atoms with van der Waals surface area (Å²) in [5.41, 5.74) is 6.11. The van der Waals surface area contributed by atoms with E-state index < -0.39 is 0 Å². The quantitative estimate of drug-likeness (QED) is 0.766. The van der Waals surface area contributed by atoms with Crippen molar-refractivity contribution in [3.63, 3.8) is 0 Å². The molecule has 15 heavy (non-hydrogen) atoms. The molecular weight excluding hydrogens is 212 g/mol. The van der Waals surface area contributed by atoms with Crippen molar-refractivity contribution in [3.05, 3.63) is 6.33 Å². The van der Waals surface area contributed by atoms with Gasteiger partial charge < -0.3 is 15.8 Å². The Morgan fingerprint density at radius 3 is 3.33 bits per heavy atom. The van der Waals surface area contributed by atoms with Crippen LogP contribution in [0.4, 0.5) is 5.13 Å². The Kier molecular flexibility index (Phi) is 2.34. The zero-order chi connectivity index (χ0) is 10.3. The predicted octanol–water partition coefficient (Wildman–Crippen LogP) is 0.455. The van der Waals surface area contributed by atoms with Gasteiger partial charge in [-0.05, 0) is 12.8 Å². The lowest BCUT2D eigenvalue weighted by molar-refractivity contribution is -0.104. The standard InChI is InChI=1S/C9H14N4OS/c10-6-5-2-1-3-14-8(5)7(6)13-9-11-4-12-15-9/h4-8H,1-3,10H2,(H,11,12,13). The average molecular weight is 226 g/mol. The number of ether oxygens (including phenoxy) is 1. The van der Waals surface area contributed by atoms with Crippen LogP contribution in [0.2, 0.25) is 0 Å². The number of anilines is 1. The van der Waals surface area contributed by atoms with E-state index in [4.69, 9.17) is 10.5 Å². The van der Waals surface area contributed by atoms with E-state index in [0.717, 1.165) is 18.2 Å². The highest BCUT2D eigenvalue weighted by molar-refractivity contribution is 7.09. The Labute approximate surface area is 92.2 Å². The smallest absolute Gasteiger partial charge is 0.202 e. The van der Waals surface area contributed by atoms with Gasteiger partial charge in [0.25, 0.3) is 0 Å². The fraction of sp³-hybridized carbons (Fsp3) is 0.778. The maximum absolute atomic E-state index is 6.11. The Morgan fingerprint density at radius 2 is 2.53 bits per heavy atom. The second-order valence-electron chi connectivity index (χ2n) is 4.14. The predicted molar refractivity (Wildman–Crippen MR) is 57.8 cm³/mol. The molecule has 0 amide bonds. The fourth-order valence-electron chi connectivity index (χ4n) is 2.51. The highest BCUT2D eigenvalue weighted by Gasteiger charge is 2.50. The zero-order valence-electron chi connectivity index (χ0n) is 8.30. The molecule has 2 fully saturated rings. The molecule has 0 aromatic carbocycles. The number of fused-ring (bicyclic) bond motifs is 1. The fourth-order valence-corrected chi connectivity index (χ4v) is 2.98. The van der Waals surface area contributed by atoms with Gasteiger partial charge in [-0.3, -0.25) is 0 Å². The van der Waals surface area contributed by atoms with Crippen LogP contribution < -0.4 is 11.1 Å². The van der Waals surface area contributed by atoms with Crippen molar-refractivity contribution >= 4 is 16.7 Å². The molecule has 4 unspecified atom stereocenters. The van der Waals surface area contributed by atoms with Crippen molar-refractivity contribution in [2.24, 2.45) is 11.7 Å². The van der Waals surface area contributed by atoms with Gasteiger partial charge in [-0.2, -0.15) is 4.37 Å². The van der Waals surface area contributed by atoms with Gasteiger partial charge in [-0.1, -0.05) is 0 Å². The molecule has 4 atom stereocenters. The molecule has 0 radical (unpaired) electrons. The molecule has 82 valence electrons. The van der Waals surface area contributed by atoms with E-state index in [9.17, 15) is 0 Å². The lowest BCUT2D eigenvalue weighted by Gasteiger charge is -2.52. The second-order valence-corrected chi connectivity index (χ2v) is 4.92. The number of nitrogens with two attached hydrogens (primary N) is 1. The van der Waals surface area contributed by atoms with Crippen LogP contribution in [0, 0.1) is 5.92 Å². The van der Waals surface area contributed by atoms with Gasteiger partial charge in [0.15, 0.2) is 0 Å². The van der Waals surface area contributed by atoms with Crippen LogP contribution in [-0.2, 0) is 4.74 Å². The number of hydrogen-bond donors (Lipinski definition) is 2. The van der Waals surface area contributed by atoms with Gasteiger partial charge in [-0.15, -0.1) is 0 Å². The molecule has 3 N–H and O–H groups in total. The van der Waals surface area contributed by atoms with Gasteiger partial charge in [0.2, 0.25) is 5.13 Å². The van der Waals surface area contributed by atoms with E-state index in [0.29, 0.717) is 5.92 Å². The molecule has 3 rings (SSSR count). The van der Waals surface area contributed by atoms with Crippen LogP contribution >= 0.6 is 11.5 Å². The van der Waals surface area contributed by atoms with E-state index >= 15 is 0 Å². The maximum Gasteiger partial charge on any atom is 0.202 e. The van der Waals surface area contributed by atoms with Crippen LogP contribution in [0.3, 0.4) is 0 Å². The summed E-state index contributed by atoms with van der Waals surface area (Å²) in [5.74, 6) is 0.532. The van der Waals surface area contributed by atoms with Gasteiger partial charge in [0, 0.05) is 30.1 Å². The monoisotopic (exact) mass is 226 g/mol. The van der Waals surface area contributed by atoms with Crippen molar-refractivity contribution in [1.29, 1.82) is 0 Å². The minimum atomic E-state index is 0.194. The van der Waals surface area contributed by atoms with E-state index in [2.05, 4.69) is 14.7 Å². The third-order valence-electron chi connectivity index (χ3n) is 3.33. The van der Waals surface area contributed by atoms with Crippen molar-refractivity contribution < 1.29 is 4.74 Å². The summed E-state index contributed by atoms with van der Waals surface area (Å²) in [6, 6.07) is 0.405. The summed E-state index contributed by atoms with van der Waals surface area (Å²) in [4.78, 5) is 4.10. The molecule has 1 saturated carbocycles. The summed E-state index contributed by atoms with van der Waals surface area (Å²) in [7, 11) is 0. The molecule has 1 aliphatic heterocycles. The number of rotatable bonds is 2. The molecular formula is C9H14N4OS. The first kappa shape index (κ1) is 9.50. The molecule has 0 spiro atoms. The first-order chi connectivity index (χ1) is 7.36. The van der Waals surface area contributed by atoms with Gasteiger partial charge >= 0.3 is 0 Å². The Morgan fingerprint density at radius 1 is 1.60 bits per heavy atom. The molecule has 1 aromatic heterocycles. The van der Waals surface area contributed by atoms with Crippen LogP contribution in [0.5, 0.6) is 0 Å². The summed E-state index contributed by atoms with van der Waals surface area (Å²) >= 11 is 1.36. The summed E-state index contributed by atoms with van der Waals surface area (Å²) in [5, 5.41) is 4.14. The normalized spacial score (nSPS) is 39.3. The SMILES string of the molecule is NC1C2CCCOC2C1Nc1ncns1. The van der Waals surface area contributed by atoms with E-state index in [1.807, 2.05) is 0 Å². The van der Waals surface area contributed by atoms with Crippen LogP contribution in [0.25, 0.3) is 0 Å². The van der Waals surface area contributed by atoms with E-state index in [-0.39, 0.29) is 18.2 Å². The number of hydrogen-bond acceptors (Lipinski definition) is 6. The van der Waals surface area contributed by atoms with Crippen LogP contribution in [0.15, 0.2) is 6.33 Å². The van der Waals surface area contributed by atoms with Crippen molar-refractivity contribution in [2.75, 3.05) is 11.9 Å². The van der Waals surface area contributed by atoms with Crippen molar-refractivity contribution in [3.8, 4) is 0 Å². The molecule has 6 heteroatoms. The van der Waals surface area contributed by atoms with E-state index in [1.165, 1.54) is 18.0 Å². The highest BCUT2D eigenvalue weighted by Crippen LogP contribution is 2.38. The largest absolute Gasteiger partial charge is 0.376 e. The summed E-state index contributed by atoms with van der Waals surface area (Å²) < 4.78 is 9.67. The number of nitrogens with zero attached hydrogens (tertiary/aromatic N) is 2. The molecule has 1 saturated heterocycles. The Hall–Kier alpha value is -0.720. The third-order valence-corrected chi connectivity index (χ3v) is 3.92. The second kappa shape index (κ2) is 3.70. The highest BCUT2D eigenvalue weighted by atomic mass is 32.1.